The van der Waals surface area contributed by atoms with Crippen molar-refractivity contribution in [1.82, 2.24) is 0 Å². The Kier molecular flexibility index (Phi) is 5.28. The maximum Gasteiger partial charge on any atom is 0.303 e. The molecule has 0 aromatic heterocycles. The van der Waals surface area contributed by atoms with E-state index in [9.17, 15) is 4.79 Å². The first-order valence-electron chi connectivity index (χ1n) is 6.53. The van der Waals surface area contributed by atoms with Crippen molar-refractivity contribution in [3.63, 3.8) is 0 Å². The van der Waals surface area contributed by atoms with Crippen molar-refractivity contribution < 1.29 is 9.90 Å². The number of thioether (sulfide) groups is 1. The molecule has 19 heavy (non-hydrogen) atoms. The summed E-state index contributed by atoms with van der Waals surface area (Å²) in [7, 11) is 0. The summed E-state index contributed by atoms with van der Waals surface area (Å²) in [6, 6.07) is 14.8. The van der Waals surface area contributed by atoms with Crippen LogP contribution in [0.3, 0.4) is 0 Å². The summed E-state index contributed by atoms with van der Waals surface area (Å²) in [5.41, 5.74) is 1.36. The van der Waals surface area contributed by atoms with Gasteiger partial charge in [0, 0.05) is 12.2 Å². The Morgan fingerprint density at radius 1 is 1.05 bits per heavy atom. The second kappa shape index (κ2) is 7.19. The second-order valence-corrected chi connectivity index (χ2v) is 5.65. The monoisotopic (exact) mass is 274 g/mol. The fourth-order valence-electron chi connectivity index (χ4n) is 2.08. The van der Waals surface area contributed by atoms with Crippen LogP contribution in [0.25, 0.3) is 10.8 Å². The average molecular weight is 274 g/mol. The van der Waals surface area contributed by atoms with Gasteiger partial charge in [0.15, 0.2) is 0 Å². The van der Waals surface area contributed by atoms with Gasteiger partial charge >= 0.3 is 5.97 Å². The zero-order chi connectivity index (χ0) is 13.5. The van der Waals surface area contributed by atoms with Gasteiger partial charge in [0.2, 0.25) is 0 Å². The van der Waals surface area contributed by atoms with Gasteiger partial charge in [-0.2, -0.15) is 11.8 Å². The summed E-state index contributed by atoms with van der Waals surface area (Å²) in [6.45, 7) is 0. The maximum atomic E-state index is 10.4. The van der Waals surface area contributed by atoms with Crippen LogP contribution in [0.5, 0.6) is 0 Å². The molecule has 0 aliphatic carbocycles. The summed E-state index contributed by atoms with van der Waals surface area (Å²) in [4.78, 5) is 10.4. The fraction of sp³-hybridized carbons (Fsp3) is 0.312. The molecule has 0 radical (unpaired) electrons. The van der Waals surface area contributed by atoms with Gasteiger partial charge in [-0.3, -0.25) is 4.79 Å². The van der Waals surface area contributed by atoms with Crippen LogP contribution >= 0.6 is 11.8 Å². The molecule has 0 amide bonds. The Morgan fingerprint density at radius 2 is 1.84 bits per heavy atom. The summed E-state index contributed by atoms with van der Waals surface area (Å²) >= 11 is 1.88. The summed E-state index contributed by atoms with van der Waals surface area (Å²) in [5.74, 6) is 1.32. The maximum absolute atomic E-state index is 10.4. The Labute approximate surface area is 117 Å². The van der Waals surface area contributed by atoms with Crippen LogP contribution in [0.4, 0.5) is 0 Å². The topological polar surface area (TPSA) is 37.3 Å². The lowest BCUT2D eigenvalue weighted by molar-refractivity contribution is -0.137. The van der Waals surface area contributed by atoms with Gasteiger partial charge in [0.25, 0.3) is 0 Å². The molecule has 0 saturated carbocycles. The van der Waals surface area contributed by atoms with Gasteiger partial charge in [-0.1, -0.05) is 42.5 Å². The van der Waals surface area contributed by atoms with E-state index in [0.717, 1.165) is 24.3 Å². The van der Waals surface area contributed by atoms with E-state index in [-0.39, 0.29) is 6.42 Å². The highest BCUT2D eigenvalue weighted by molar-refractivity contribution is 7.98. The third-order valence-electron chi connectivity index (χ3n) is 3.07. The number of fused-ring (bicyclic) bond motifs is 1. The number of hydrogen-bond acceptors (Lipinski definition) is 2. The Hall–Kier alpha value is -1.48. The molecule has 0 spiro atoms. The summed E-state index contributed by atoms with van der Waals surface area (Å²) < 4.78 is 0. The zero-order valence-electron chi connectivity index (χ0n) is 10.8. The lowest BCUT2D eigenvalue weighted by atomic mass is 10.1. The first-order chi connectivity index (χ1) is 9.27. The number of unbranched alkanes of at least 4 members (excludes halogenated alkanes) is 1. The van der Waals surface area contributed by atoms with Crippen molar-refractivity contribution in [3.05, 3.63) is 48.0 Å². The van der Waals surface area contributed by atoms with E-state index < -0.39 is 5.97 Å². The molecular formula is C16H18O2S. The number of rotatable bonds is 7. The molecule has 0 fully saturated rings. The molecule has 0 aliphatic heterocycles. The van der Waals surface area contributed by atoms with Crippen molar-refractivity contribution in [3.8, 4) is 0 Å². The van der Waals surface area contributed by atoms with Crippen molar-refractivity contribution in [1.29, 1.82) is 0 Å². The van der Waals surface area contributed by atoms with Crippen LogP contribution in [0, 0.1) is 0 Å². The molecule has 0 bridgehead atoms. The average Bonchev–Trinajstić information content (AvgIpc) is 2.42. The van der Waals surface area contributed by atoms with Gasteiger partial charge < -0.3 is 5.11 Å². The Balaban J connectivity index is 1.83. The number of aliphatic carboxylic acids is 1. The standard InChI is InChI=1S/C16H18O2S/c17-16(18)10-3-4-11-19-12-14-8-5-7-13-6-1-2-9-15(13)14/h1-2,5-9H,3-4,10-12H2,(H,17,18). The molecule has 0 heterocycles. The molecule has 0 atom stereocenters. The number of hydrogen-bond donors (Lipinski definition) is 1. The second-order valence-electron chi connectivity index (χ2n) is 4.54. The lowest BCUT2D eigenvalue weighted by Crippen LogP contribution is -1.94. The van der Waals surface area contributed by atoms with Crippen molar-refractivity contribution in [2.24, 2.45) is 0 Å². The van der Waals surface area contributed by atoms with Gasteiger partial charge in [0.05, 0.1) is 0 Å². The van der Waals surface area contributed by atoms with Crippen LogP contribution in [-0.4, -0.2) is 16.8 Å². The van der Waals surface area contributed by atoms with E-state index >= 15 is 0 Å². The summed E-state index contributed by atoms with van der Waals surface area (Å²) in [5, 5.41) is 11.2. The van der Waals surface area contributed by atoms with Crippen LogP contribution in [0.2, 0.25) is 0 Å². The minimum absolute atomic E-state index is 0.287. The van der Waals surface area contributed by atoms with Crippen LogP contribution in [0.15, 0.2) is 42.5 Å². The van der Waals surface area contributed by atoms with Gasteiger partial charge in [-0.25, -0.2) is 0 Å². The fourth-order valence-corrected chi connectivity index (χ4v) is 3.11. The zero-order valence-corrected chi connectivity index (χ0v) is 11.7. The van der Waals surface area contributed by atoms with E-state index in [1.807, 2.05) is 11.8 Å². The molecule has 0 saturated heterocycles. The van der Waals surface area contributed by atoms with E-state index in [1.165, 1.54) is 16.3 Å². The number of benzene rings is 2. The first-order valence-corrected chi connectivity index (χ1v) is 7.69. The van der Waals surface area contributed by atoms with Crippen molar-refractivity contribution in [2.45, 2.75) is 25.0 Å². The molecule has 0 unspecified atom stereocenters. The van der Waals surface area contributed by atoms with Crippen molar-refractivity contribution in [2.75, 3.05) is 5.75 Å². The van der Waals surface area contributed by atoms with Crippen molar-refractivity contribution >= 4 is 28.5 Å². The highest BCUT2D eigenvalue weighted by Gasteiger charge is 2.01. The molecule has 2 rings (SSSR count). The molecule has 0 aliphatic rings. The predicted molar refractivity (Wildman–Crippen MR) is 81.6 cm³/mol. The quantitative estimate of drug-likeness (QED) is 0.764. The minimum atomic E-state index is -0.695. The number of carbonyl (C=O) groups is 1. The summed E-state index contributed by atoms with van der Waals surface area (Å²) in [6.07, 6.45) is 2.04. The van der Waals surface area contributed by atoms with Crippen LogP contribution in [-0.2, 0) is 10.5 Å². The molecule has 2 nitrogen and oxygen atoms in total. The predicted octanol–water partition coefficient (Wildman–Crippen LogP) is 4.33. The molecular weight excluding hydrogens is 256 g/mol. The van der Waals surface area contributed by atoms with Gasteiger partial charge in [-0.05, 0) is 34.9 Å². The van der Waals surface area contributed by atoms with Gasteiger partial charge in [0.1, 0.15) is 0 Å². The molecule has 1 N–H and O–H groups in total. The number of carboxylic acid groups (broad SMARTS) is 1. The van der Waals surface area contributed by atoms with E-state index in [0.29, 0.717) is 0 Å². The third kappa shape index (κ3) is 4.28. The molecule has 2 aromatic rings. The Morgan fingerprint density at radius 3 is 2.68 bits per heavy atom. The highest BCUT2D eigenvalue weighted by Crippen LogP contribution is 2.23. The van der Waals surface area contributed by atoms with E-state index in [2.05, 4.69) is 42.5 Å². The Bertz CT molecular complexity index is 546. The van der Waals surface area contributed by atoms with E-state index in [1.54, 1.807) is 0 Å². The largest absolute Gasteiger partial charge is 0.481 e. The van der Waals surface area contributed by atoms with Crippen LogP contribution in [0.1, 0.15) is 24.8 Å². The van der Waals surface area contributed by atoms with E-state index in [4.69, 9.17) is 5.11 Å². The minimum Gasteiger partial charge on any atom is -0.481 e. The van der Waals surface area contributed by atoms with Gasteiger partial charge in [-0.15, -0.1) is 0 Å². The lowest BCUT2D eigenvalue weighted by Gasteiger charge is -2.06. The number of carboxylic acids is 1. The highest BCUT2D eigenvalue weighted by atomic mass is 32.2. The first kappa shape index (κ1) is 13.9. The normalized spacial score (nSPS) is 10.7. The van der Waals surface area contributed by atoms with Crippen LogP contribution < -0.4 is 0 Å². The molecule has 100 valence electrons. The third-order valence-corrected chi connectivity index (χ3v) is 4.16. The molecule has 2 aromatic carbocycles. The SMILES string of the molecule is O=C(O)CCCCSCc1cccc2ccccc12. The molecule has 3 heteroatoms. The smallest absolute Gasteiger partial charge is 0.303 e.